The number of hydrogen-bond acceptors (Lipinski definition) is 5. The summed E-state index contributed by atoms with van der Waals surface area (Å²) in [5.41, 5.74) is 1.88. The Morgan fingerprint density at radius 1 is 0.914 bits per heavy atom. The Bertz CT molecular complexity index is 1120. The summed E-state index contributed by atoms with van der Waals surface area (Å²) in [7, 11) is 0. The monoisotopic (exact) mass is 477 g/mol. The van der Waals surface area contributed by atoms with Crippen molar-refractivity contribution in [3.8, 4) is 0 Å². The van der Waals surface area contributed by atoms with Crippen LogP contribution in [0.2, 0.25) is 0 Å². The van der Waals surface area contributed by atoms with Gasteiger partial charge in [-0.25, -0.2) is 4.98 Å². The molecule has 4 bridgehead atoms. The lowest BCUT2D eigenvalue weighted by atomic mass is 9.76. The van der Waals surface area contributed by atoms with Crippen LogP contribution in [0.5, 0.6) is 0 Å². The number of carbonyl (C=O) groups excluding carboxylic acids is 1. The number of fused-ring (bicyclic) bond motifs is 5. The van der Waals surface area contributed by atoms with Crippen LogP contribution < -0.4 is 5.56 Å². The molecule has 2 aliphatic heterocycles. The molecule has 0 amide bonds. The molecule has 2 unspecified atom stereocenters. The van der Waals surface area contributed by atoms with Crippen LogP contribution in [0.3, 0.4) is 0 Å². The number of esters is 1. The maximum atomic E-state index is 13.7. The van der Waals surface area contributed by atoms with E-state index in [9.17, 15) is 9.59 Å². The molecule has 0 N–H and O–H groups in total. The lowest BCUT2D eigenvalue weighted by Crippen LogP contribution is -2.52. The number of aromatic nitrogens is 2. The fourth-order valence-electron chi connectivity index (χ4n) is 8.13. The Morgan fingerprint density at radius 2 is 1.60 bits per heavy atom. The van der Waals surface area contributed by atoms with Gasteiger partial charge in [0.15, 0.2) is 0 Å². The topological polar surface area (TPSA) is 64.4 Å². The summed E-state index contributed by atoms with van der Waals surface area (Å²) in [5.74, 6) is 1.47. The Kier molecular flexibility index (Phi) is 6.42. The predicted octanol–water partition coefficient (Wildman–Crippen LogP) is 5.03. The second-order valence-electron chi connectivity index (χ2n) is 11.5. The molecule has 2 aromatic rings. The third kappa shape index (κ3) is 4.43. The maximum Gasteiger partial charge on any atom is 0.312 e. The van der Waals surface area contributed by atoms with Crippen molar-refractivity contribution in [3.63, 3.8) is 0 Å². The molecule has 6 rings (SSSR count). The quantitative estimate of drug-likeness (QED) is 0.565. The van der Waals surface area contributed by atoms with Gasteiger partial charge in [0.1, 0.15) is 5.69 Å². The minimum Gasteiger partial charge on any atom is -0.466 e. The van der Waals surface area contributed by atoms with E-state index in [1.807, 2.05) is 28.8 Å². The Hall–Kier alpha value is -2.21. The highest BCUT2D eigenvalue weighted by atomic mass is 16.5. The average molecular weight is 478 g/mol. The number of piperidine rings is 1. The first-order chi connectivity index (χ1) is 17.1. The van der Waals surface area contributed by atoms with Crippen LogP contribution >= 0.6 is 0 Å². The first kappa shape index (κ1) is 23.2. The standard InChI is InChI=1S/C29H39N3O3/c1-2-35-28(33)18-26-29(34)32(27-10-6-5-9-25(27)30-26)24-16-21-11-12-22(17-24)31(21)23-14-19-7-3-4-8-20(13-19)15-23/h5-6,9-10,19-24H,2-4,7-8,11-18H2,1H3/t19?,20?,21-,22+,23?,24+. The van der Waals surface area contributed by atoms with Crippen molar-refractivity contribution in [3.05, 3.63) is 40.3 Å². The Morgan fingerprint density at radius 3 is 2.29 bits per heavy atom. The number of nitrogens with zero attached hydrogens (tertiary/aromatic N) is 3. The van der Waals surface area contributed by atoms with Gasteiger partial charge in [-0.2, -0.15) is 0 Å². The van der Waals surface area contributed by atoms with Crippen LogP contribution in [0.4, 0.5) is 0 Å². The van der Waals surface area contributed by atoms with Crippen molar-refractivity contribution in [2.24, 2.45) is 11.8 Å². The normalized spacial score (nSPS) is 32.9. The van der Waals surface area contributed by atoms with E-state index >= 15 is 0 Å². The molecule has 35 heavy (non-hydrogen) atoms. The lowest BCUT2D eigenvalue weighted by molar-refractivity contribution is -0.142. The van der Waals surface area contributed by atoms with E-state index in [1.54, 1.807) is 6.92 Å². The molecule has 4 aliphatic rings. The zero-order chi connectivity index (χ0) is 23.9. The van der Waals surface area contributed by atoms with E-state index in [0.717, 1.165) is 41.8 Å². The van der Waals surface area contributed by atoms with Crippen LogP contribution in [0, 0.1) is 11.8 Å². The molecule has 0 spiro atoms. The summed E-state index contributed by atoms with van der Waals surface area (Å²) < 4.78 is 7.12. The fraction of sp³-hybridized carbons (Fsp3) is 0.690. The van der Waals surface area contributed by atoms with Gasteiger partial charge < -0.3 is 9.30 Å². The summed E-state index contributed by atoms with van der Waals surface area (Å²) >= 11 is 0. The smallest absolute Gasteiger partial charge is 0.312 e. The molecule has 6 nitrogen and oxygen atoms in total. The zero-order valence-corrected chi connectivity index (χ0v) is 21.0. The highest BCUT2D eigenvalue weighted by Crippen LogP contribution is 2.47. The number of ether oxygens (including phenoxy) is 1. The molecule has 1 aromatic carbocycles. The molecular weight excluding hydrogens is 438 g/mol. The van der Waals surface area contributed by atoms with Gasteiger partial charge in [0.05, 0.1) is 24.1 Å². The van der Waals surface area contributed by atoms with Gasteiger partial charge in [-0.15, -0.1) is 0 Å². The van der Waals surface area contributed by atoms with Crippen molar-refractivity contribution in [2.75, 3.05) is 6.61 Å². The highest BCUT2D eigenvalue weighted by Gasteiger charge is 2.46. The lowest BCUT2D eigenvalue weighted by Gasteiger charge is -2.48. The number of rotatable bonds is 5. The highest BCUT2D eigenvalue weighted by molar-refractivity contribution is 5.77. The van der Waals surface area contributed by atoms with E-state index in [4.69, 9.17) is 4.74 Å². The summed E-state index contributed by atoms with van der Waals surface area (Å²) in [6, 6.07) is 9.93. The minimum atomic E-state index is -0.382. The second kappa shape index (κ2) is 9.68. The van der Waals surface area contributed by atoms with Crippen LogP contribution in [0.15, 0.2) is 29.1 Å². The van der Waals surface area contributed by atoms with Gasteiger partial charge in [-0.1, -0.05) is 37.8 Å². The van der Waals surface area contributed by atoms with Crippen LogP contribution in [-0.4, -0.2) is 45.2 Å². The van der Waals surface area contributed by atoms with Crippen molar-refractivity contribution >= 4 is 17.0 Å². The second-order valence-corrected chi connectivity index (χ2v) is 11.5. The van der Waals surface area contributed by atoms with Crippen molar-refractivity contribution in [1.29, 1.82) is 0 Å². The predicted molar refractivity (Wildman–Crippen MR) is 136 cm³/mol. The summed E-state index contributed by atoms with van der Waals surface area (Å²) in [6.45, 7) is 2.10. The number of para-hydroxylation sites is 2. The molecule has 1 aromatic heterocycles. The molecule has 4 fully saturated rings. The van der Waals surface area contributed by atoms with E-state index < -0.39 is 0 Å². The van der Waals surface area contributed by atoms with Gasteiger partial charge >= 0.3 is 5.97 Å². The van der Waals surface area contributed by atoms with E-state index in [1.165, 1.54) is 57.8 Å². The summed E-state index contributed by atoms with van der Waals surface area (Å²) in [4.78, 5) is 33.4. The minimum absolute atomic E-state index is 0.0614. The SMILES string of the molecule is CCOC(=O)Cc1nc2ccccc2n([C@H]2C[C@H]3CC[C@@H](C2)N3C2CC3CCCCC(C3)C2)c1=O. The van der Waals surface area contributed by atoms with Gasteiger partial charge in [0.25, 0.3) is 5.56 Å². The molecule has 3 heterocycles. The van der Waals surface area contributed by atoms with Crippen LogP contribution in [0.25, 0.3) is 11.0 Å². The maximum absolute atomic E-state index is 13.7. The van der Waals surface area contributed by atoms with Gasteiger partial charge in [-0.05, 0) is 75.8 Å². The number of benzene rings is 1. The van der Waals surface area contributed by atoms with E-state index in [-0.39, 0.29) is 24.0 Å². The van der Waals surface area contributed by atoms with E-state index in [2.05, 4.69) is 9.88 Å². The van der Waals surface area contributed by atoms with Gasteiger partial charge in [0, 0.05) is 24.2 Å². The zero-order valence-electron chi connectivity index (χ0n) is 21.0. The van der Waals surface area contributed by atoms with Crippen LogP contribution in [0.1, 0.15) is 89.3 Å². The molecule has 0 radical (unpaired) electrons. The first-order valence-electron chi connectivity index (χ1n) is 14.0. The van der Waals surface area contributed by atoms with Gasteiger partial charge in [-0.3, -0.25) is 14.5 Å². The average Bonchev–Trinajstić information content (AvgIpc) is 3.00. The molecule has 5 atom stereocenters. The third-order valence-electron chi connectivity index (χ3n) is 9.38. The molecule has 2 aliphatic carbocycles. The number of hydrogen-bond donors (Lipinski definition) is 0. The van der Waals surface area contributed by atoms with Crippen molar-refractivity contribution < 1.29 is 9.53 Å². The van der Waals surface area contributed by atoms with Crippen molar-refractivity contribution in [2.45, 2.75) is 108 Å². The van der Waals surface area contributed by atoms with E-state index in [0.29, 0.717) is 24.4 Å². The van der Waals surface area contributed by atoms with Gasteiger partial charge in [0.2, 0.25) is 0 Å². The molecule has 6 heteroatoms. The summed E-state index contributed by atoms with van der Waals surface area (Å²) in [5, 5.41) is 0. The number of carbonyl (C=O) groups is 1. The summed E-state index contributed by atoms with van der Waals surface area (Å²) in [6.07, 6.45) is 14.4. The Balaban J connectivity index is 1.29. The third-order valence-corrected chi connectivity index (χ3v) is 9.38. The fourth-order valence-corrected chi connectivity index (χ4v) is 8.13. The molecular formula is C29H39N3O3. The van der Waals surface area contributed by atoms with Crippen molar-refractivity contribution in [1.82, 2.24) is 14.5 Å². The molecule has 188 valence electrons. The Labute approximate surface area is 208 Å². The molecule has 2 saturated carbocycles. The first-order valence-corrected chi connectivity index (χ1v) is 14.0. The van der Waals surface area contributed by atoms with Crippen LogP contribution in [-0.2, 0) is 16.0 Å². The molecule has 2 saturated heterocycles. The largest absolute Gasteiger partial charge is 0.466 e.